The number of benzene rings is 2. The van der Waals surface area contributed by atoms with Gasteiger partial charge >= 0.3 is 0 Å². The van der Waals surface area contributed by atoms with Crippen molar-refractivity contribution in [1.82, 2.24) is 9.78 Å². The van der Waals surface area contributed by atoms with E-state index in [-0.39, 0.29) is 5.82 Å². The highest BCUT2D eigenvalue weighted by Crippen LogP contribution is 2.31. The first kappa shape index (κ1) is 17.6. The molecule has 1 atom stereocenters. The highest BCUT2D eigenvalue weighted by molar-refractivity contribution is 6.30. The van der Waals surface area contributed by atoms with Gasteiger partial charge in [-0.15, -0.1) is 0 Å². The lowest BCUT2D eigenvalue weighted by Crippen LogP contribution is -2.21. The zero-order valence-corrected chi connectivity index (χ0v) is 15.0. The lowest BCUT2D eigenvalue weighted by atomic mass is 9.96. The van der Waals surface area contributed by atoms with E-state index in [1.54, 1.807) is 23.7 Å². The van der Waals surface area contributed by atoms with E-state index in [9.17, 15) is 9.50 Å². The Bertz CT molecular complexity index is 791. The zero-order chi connectivity index (χ0) is 18.0. The number of hydrogen-bond donors (Lipinski definition) is 1. The van der Waals surface area contributed by atoms with Crippen LogP contribution in [0, 0.1) is 5.82 Å². The average molecular weight is 359 g/mol. The van der Waals surface area contributed by atoms with Gasteiger partial charge in [-0.1, -0.05) is 37.1 Å². The number of rotatable bonds is 5. The van der Waals surface area contributed by atoms with E-state index in [1.807, 2.05) is 37.3 Å². The summed E-state index contributed by atoms with van der Waals surface area (Å²) in [5.74, 6) is -0.304. The van der Waals surface area contributed by atoms with Gasteiger partial charge in [-0.2, -0.15) is 5.10 Å². The second-order valence-corrected chi connectivity index (χ2v) is 6.77. The SMILES string of the molecule is CCCC(C)(O)c1cc(-c2ccc(Cl)cc2)n(-c2ccc(F)cc2)n1. The molecule has 0 saturated heterocycles. The third-order valence-electron chi connectivity index (χ3n) is 4.21. The molecule has 0 aliphatic carbocycles. The van der Waals surface area contributed by atoms with Gasteiger partial charge in [0.2, 0.25) is 0 Å². The maximum absolute atomic E-state index is 13.3. The third kappa shape index (κ3) is 3.75. The molecule has 1 unspecified atom stereocenters. The number of nitrogens with zero attached hydrogens (tertiary/aromatic N) is 2. The van der Waals surface area contributed by atoms with Crippen LogP contribution in [0.15, 0.2) is 54.6 Å². The minimum atomic E-state index is -1.03. The summed E-state index contributed by atoms with van der Waals surface area (Å²) < 4.78 is 15.0. The van der Waals surface area contributed by atoms with Gasteiger partial charge in [0.05, 0.1) is 17.1 Å². The summed E-state index contributed by atoms with van der Waals surface area (Å²) in [6.07, 6.45) is 1.44. The van der Waals surface area contributed by atoms with Gasteiger partial charge in [-0.3, -0.25) is 0 Å². The smallest absolute Gasteiger partial charge is 0.123 e. The lowest BCUT2D eigenvalue weighted by molar-refractivity contribution is 0.0421. The summed E-state index contributed by atoms with van der Waals surface area (Å²) in [6, 6.07) is 15.4. The summed E-state index contributed by atoms with van der Waals surface area (Å²) in [5, 5.41) is 16.0. The summed E-state index contributed by atoms with van der Waals surface area (Å²) in [4.78, 5) is 0. The first-order valence-electron chi connectivity index (χ1n) is 8.25. The molecule has 1 aromatic heterocycles. The number of aliphatic hydroxyl groups is 1. The molecule has 1 heterocycles. The molecule has 0 saturated carbocycles. The van der Waals surface area contributed by atoms with Crippen molar-refractivity contribution in [2.45, 2.75) is 32.3 Å². The minimum Gasteiger partial charge on any atom is -0.384 e. The quantitative estimate of drug-likeness (QED) is 0.668. The van der Waals surface area contributed by atoms with E-state index in [2.05, 4.69) is 5.10 Å². The maximum atomic E-state index is 13.3. The van der Waals surface area contributed by atoms with Gasteiger partial charge in [0.1, 0.15) is 11.4 Å². The van der Waals surface area contributed by atoms with Crippen molar-refractivity contribution in [1.29, 1.82) is 0 Å². The molecule has 5 heteroatoms. The largest absolute Gasteiger partial charge is 0.384 e. The van der Waals surface area contributed by atoms with Crippen LogP contribution >= 0.6 is 11.6 Å². The van der Waals surface area contributed by atoms with Crippen LogP contribution in [0.4, 0.5) is 4.39 Å². The summed E-state index contributed by atoms with van der Waals surface area (Å²) in [7, 11) is 0. The third-order valence-corrected chi connectivity index (χ3v) is 4.46. The summed E-state index contributed by atoms with van der Waals surface area (Å²) >= 11 is 5.99. The molecule has 0 aliphatic heterocycles. The topological polar surface area (TPSA) is 38.0 Å². The van der Waals surface area contributed by atoms with Crippen LogP contribution in [0.3, 0.4) is 0 Å². The summed E-state index contributed by atoms with van der Waals surface area (Å²) in [5.41, 5.74) is 2.02. The standard InChI is InChI=1S/C20H20ClFN2O/c1-3-12-20(2,25)19-13-18(14-4-6-15(21)7-5-14)24(23-19)17-10-8-16(22)9-11-17/h4-11,13,25H,3,12H2,1-2H3. The van der Waals surface area contributed by atoms with Crippen molar-refractivity contribution in [2.75, 3.05) is 0 Å². The van der Waals surface area contributed by atoms with Gasteiger partial charge < -0.3 is 5.11 Å². The van der Waals surface area contributed by atoms with E-state index in [1.165, 1.54) is 12.1 Å². The Labute approximate surface area is 151 Å². The fourth-order valence-electron chi connectivity index (χ4n) is 2.86. The van der Waals surface area contributed by atoms with E-state index in [4.69, 9.17) is 11.6 Å². The Kier molecular flexibility index (Phi) is 4.93. The lowest BCUT2D eigenvalue weighted by Gasteiger charge is -2.19. The van der Waals surface area contributed by atoms with Crippen LogP contribution < -0.4 is 0 Å². The van der Waals surface area contributed by atoms with Gasteiger partial charge in [0.25, 0.3) is 0 Å². The molecule has 3 aromatic rings. The van der Waals surface area contributed by atoms with Crippen molar-refractivity contribution in [3.05, 3.63) is 71.1 Å². The van der Waals surface area contributed by atoms with Gasteiger partial charge in [-0.05, 0) is 55.8 Å². The highest BCUT2D eigenvalue weighted by atomic mass is 35.5. The van der Waals surface area contributed by atoms with Crippen LogP contribution in [0.2, 0.25) is 5.02 Å². The Balaban J connectivity index is 2.15. The Morgan fingerprint density at radius 2 is 1.76 bits per heavy atom. The normalized spacial score (nSPS) is 13.6. The first-order chi connectivity index (χ1) is 11.9. The molecule has 130 valence electrons. The van der Waals surface area contributed by atoms with Crippen LogP contribution in [0.5, 0.6) is 0 Å². The fraction of sp³-hybridized carbons (Fsp3) is 0.250. The number of hydrogen-bond acceptors (Lipinski definition) is 2. The molecule has 0 spiro atoms. The number of aromatic nitrogens is 2. The predicted octanol–water partition coefficient (Wildman–Crippen LogP) is 5.34. The molecule has 0 amide bonds. The Morgan fingerprint density at radius 1 is 1.12 bits per heavy atom. The molecule has 2 aromatic carbocycles. The van der Waals surface area contributed by atoms with E-state index >= 15 is 0 Å². The molecule has 0 aliphatic rings. The molecule has 0 fully saturated rings. The Morgan fingerprint density at radius 3 is 2.36 bits per heavy atom. The monoisotopic (exact) mass is 358 g/mol. The second-order valence-electron chi connectivity index (χ2n) is 6.33. The molecule has 0 bridgehead atoms. The van der Waals surface area contributed by atoms with Crippen molar-refractivity contribution >= 4 is 11.6 Å². The van der Waals surface area contributed by atoms with E-state index < -0.39 is 5.60 Å². The number of halogens is 2. The molecule has 3 rings (SSSR count). The van der Waals surface area contributed by atoms with Crippen LogP contribution in [-0.2, 0) is 5.60 Å². The molecule has 25 heavy (non-hydrogen) atoms. The maximum Gasteiger partial charge on any atom is 0.123 e. The average Bonchev–Trinajstić information content (AvgIpc) is 3.02. The predicted molar refractivity (Wildman–Crippen MR) is 98.4 cm³/mol. The van der Waals surface area contributed by atoms with Crippen LogP contribution in [0.1, 0.15) is 32.4 Å². The van der Waals surface area contributed by atoms with Gasteiger partial charge in [0.15, 0.2) is 0 Å². The summed E-state index contributed by atoms with van der Waals surface area (Å²) in [6.45, 7) is 3.78. The van der Waals surface area contributed by atoms with Gasteiger partial charge in [-0.25, -0.2) is 9.07 Å². The Hall–Kier alpha value is -2.17. The zero-order valence-electron chi connectivity index (χ0n) is 14.2. The first-order valence-corrected chi connectivity index (χ1v) is 8.63. The molecular weight excluding hydrogens is 339 g/mol. The second kappa shape index (κ2) is 6.98. The van der Waals surface area contributed by atoms with E-state index in [0.29, 0.717) is 17.1 Å². The molecule has 0 radical (unpaired) electrons. The van der Waals surface area contributed by atoms with Crippen LogP contribution in [-0.4, -0.2) is 14.9 Å². The van der Waals surface area contributed by atoms with Crippen LogP contribution in [0.25, 0.3) is 16.9 Å². The van der Waals surface area contributed by atoms with Crippen molar-refractivity contribution in [3.8, 4) is 16.9 Å². The van der Waals surface area contributed by atoms with Gasteiger partial charge in [0, 0.05) is 10.6 Å². The van der Waals surface area contributed by atoms with Crippen molar-refractivity contribution in [2.24, 2.45) is 0 Å². The highest BCUT2D eigenvalue weighted by Gasteiger charge is 2.27. The fourth-order valence-corrected chi connectivity index (χ4v) is 2.99. The van der Waals surface area contributed by atoms with Crippen molar-refractivity contribution in [3.63, 3.8) is 0 Å². The molecule has 1 N–H and O–H groups in total. The molecular formula is C20H20ClFN2O. The molecule has 3 nitrogen and oxygen atoms in total. The van der Waals surface area contributed by atoms with Crippen molar-refractivity contribution < 1.29 is 9.50 Å². The van der Waals surface area contributed by atoms with E-state index in [0.717, 1.165) is 23.4 Å². The minimum absolute atomic E-state index is 0.304.